The van der Waals surface area contributed by atoms with Crippen LogP contribution in [0.5, 0.6) is 0 Å². The molecule has 1 nitrogen and oxygen atoms in total. The third-order valence-electron chi connectivity index (χ3n) is 1.93. The third kappa shape index (κ3) is 4.33. The van der Waals surface area contributed by atoms with E-state index in [4.69, 9.17) is 11.6 Å². The van der Waals surface area contributed by atoms with Gasteiger partial charge in [0.05, 0.1) is 0 Å². The monoisotopic (exact) mass is 225 g/mol. The lowest BCUT2D eigenvalue weighted by Gasteiger charge is -2.04. The van der Waals surface area contributed by atoms with E-state index in [-0.39, 0.29) is 5.82 Å². The number of hydrogen-bond donors (Lipinski definition) is 1. The van der Waals surface area contributed by atoms with Gasteiger partial charge in [-0.05, 0) is 25.1 Å². The maximum atomic E-state index is 13.2. The van der Waals surface area contributed by atoms with Crippen LogP contribution in [-0.2, 0) is 6.54 Å². The minimum absolute atomic E-state index is 0.228. The Kier molecular flexibility index (Phi) is 5.17. The molecule has 1 N–H and O–H groups in total. The molecular formula is C12H13ClFN. The molecule has 1 rings (SSSR count). The largest absolute Gasteiger partial charge is 0.312 e. The van der Waals surface area contributed by atoms with Crippen molar-refractivity contribution >= 4 is 11.6 Å². The van der Waals surface area contributed by atoms with Gasteiger partial charge >= 0.3 is 0 Å². The second kappa shape index (κ2) is 6.44. The van der Waals surface area contributed by atoms with Crippen LogP contribution in [0.15, 0.2) is 18.2 Å². The van der Waals surface area contributed by atoms with Crippen LogP contribution in [0.3, 0.4) is 0 Å². The van der Waals surface area contributed by atoms with Gasteiger partial charge in [-0.25, -0.2) is 4.39 Å². The molecule has 0 fully saturated rings. The van der Waals surface area contributed by atoms with Crippen LogP contribution >= 0.6 is 11.6 Å². The van der Waals surface area contributed by atoms with Gasteiger partial charge in [0.15, 0.2) is 0 Å². The molecule has 0 atom stereocenters. The molecule has 0 aliphatic heterocycles. The van der Waals surface area contributed by atoms with E-state index in [1.165, 1.54) is 6.07 Å². The number of rotatable bonds is 4. The van der Waals surface area contributed by atoms with Crippen LogP contribution < -0.4 is 5.32 Å². The Balaban J connectivity index is 2.42. The SMILES string of the molecule is CC#CCCNCc1cc(Cl)ccc1F. The van der Waals surface area contributed by atoms with E-state index in [1.807, 2.05) is 0 Å². The summed E-state index contributed by atoms with van der Waals surface area (Å²) in [4.78, 5) is 0. The first-order valence-electron chi connectivity index (χ1n) is 4.78. The summed E-state index contributed by atoms with van der Waals surface area (Å²) in [7, 11) is 0. The fraction of sp³-hybridized carbons (Fsp3) is 0.333. The average molecular weight is 226 g/mol. The van der Waals surface area contributed by atoms with Crippen molar-refractivity contribution in [2.75, 3.05) is 6.54 Å². The summed E-state index contributed by atoms with van der Waals surface area (Å²) in [5.74, 6) is 5.50. The predicted octanol–water partition coefficient (Wildman–Crippen LogP) is 2.98. The van der Waals surface area contributed by atoms with E-state index in [0.717, 1.165) is 13.0 Å². The summed E-state index contributed by atoms with van der Waals surface area (Å²) < 4.78 is 13.2. The molecule has 0 saturated carbocycles. The van der Waals surface area contributed by atoms with Crippen LogP contribution in [0.2, 0.25) is 5.02 Å². The molecule has 0 amide bonds. The number of halogens is 2. The smallest absolute Gasteiger partial charge is 0.127 e. The molecule has 15 heavy (non-hydrogen) atoms. The summed E-state index contributed by atoms with van der Waals surface area (Å²) in [6.45, 7) is 3.04. The molecule has 0 aromatic heterocycles. The summed E-state index contributed by atoms with van der Waals surface area (Å²) in [6.07, 6.45) is 0.776. The van der Waals surface area contributed by atoms with Crippen molar-refractivity contribution in [3.63, 3.8) is 0 Å². The fourth-order valence-electron chi connectivity index (χ4n) is 1.18. The number of benzene rings is 1. The van der Waals surface area contributed by atoms with Gasteiger partial charge in [-0.2, -0.15) is 0 Å². The minimum atomic E-state index is -0.228. The highest BCUT2D eigenvalue weighted by Crippen LogP contribution is 2.14. The van der Waals surface area contributed by atoms with E-state index in [1.54, 1.807) is 19.1 Å². The van der Waals surface area contributed by atoms with Gasteiger partial charge in [-0.15, -0.1) is 11.8 Å². The third-order valence-corrected chi connectivity index (χ3v) is 2.16. The lowest BCUT2D eigenvalue weighted by atomic mass is 10.2. The molecule has 0 spiro atoms. The Hall–Kier alpha value is -1.04. The van der Waals surface area contributed by atoms with Gasteiger partial charge < -0.3 is 5.32 Å². The summed E-state index contributed by atoms with van der Waals surface area (Å²) >= 11 is 5.76. The highest BCUT2D eigenvalue weighted by Gasteiger charge is 2.01. The highest BCUT2D eigenvalue weighted by atomic mass is 35.5. The molecule has 0 bridgehead atoms. The van der Waals surface area contributed by atoms with Gasteiger partial charge in [0.1, 0.15) is 5.82 Å². The zero-order valence-corrected chi connectivity index (χ0v) is 9.37. The van der Waals surface area contributed by atoms with Crippen molar-refractivity contribution in [3.05, 3.63) is 34.6 Å². The van der Waals surface area contributed by atoms with Crippen molar-refractivity contribution in [1.29, 1.82) is 0 Å². The Morgan fingerprint density at radius 1 is 1.47 bits per heavy atom. The van der Waals surface area contributed by atoms with Crippen LogP contribution in [0.1, 0.15) is 18.9 Å². The zero-order chi connectivity index (χ0) is 11.1. The molecule has 0 unspecified atom stereocenters. The molecule has 1 aromatic rings. The second-order valence-corrected chi connectivity index (χ2v) is 3.53. The first-order chi connectivity index (χ1) is 7.24. The Labute approximate surface area is 94.6 Å². The lowest BCUT2D eigenvalue weighted by Crippen LogP contribution is -2.15. The summed E-state index contributed by atoms with van der Waals surface area (Å²) in [5, 5.41) is 3.66. The Bertz CT molecular complexity index is 379. The van der Waals surface area contributed by atoms with Gasteiger partial charge in [0.25, 0.3) is 0 Å². The van der Waals surface area contributed by atoms with E-state index >= 15 is 0 Å². The standard InChI is InChI=1S/C12H13ClFN/c1-2-3-4-7-15-9-10-8-11(13)5-6-12(10)14/h5-6,8,15H,4,7,9H2,1H3. The topological polar surface area (TPSA) is 12.0 Å². The molecule has 0 saturated heterocycles. The van der Waals surface area contributed by atoms with Crippen LogP contribution in [0, 0.1) is 17.7 Å². The molecule has 0 aliphatic rings. The van der Waals surface area contributed by atoms with Gasteiger partial charge in [-0.1, -0.05) is 11.6 Å². The van der Waals surface area contributed by atoms with Gasteiger partial charge in [0, 0.05) is 30.1 Å². The van der Waals surface area contributed by atoms with Crippen molar-refractivity contribution < 1.29 is 4.39 Å². The molecule has 0 aliphatic carbocycles. The molecule has 3 heteroatoms. The van der Waals surface area contributed by atoms with Gasteiger partial charge in [0.2, 0.25) is 0 Å². The molecule has 80 valence electrons. The van der Waals surface area contributed by atoms with E-state index in [0.29, 0.717) is 17.1 Å². The van der Waals surface area contributed by atoms with Crippen molar-refractivity contribution in [3.8, 4) is 11.8 Å². The molecule has 0 heterocycles. The summed E-state index contributed by atoms with van der Waals surface area (Å²) in [5.41, 5.74) is 0.590. The van der Waals surface area contributed by atoms with E-state index in [9.17, 15) is 4.39 Å². The normalized spacial score (nSPS) is 9.53. The first-order valence-corrected chi connectivity index (χ1v) is 5.16. The predicted molar refractivity (Wildman–Crippen MR) is 61.2 cm³/mol. The first kappa shape index (κ1) is 12.0. The number of hydrogen-bond acceptors (Lipinski definition) is 1. The molecule has 1 aromatic carbocycles. The Morgan fingerprint density at radius 3 is 3.00 bits per heavy atom. The fourth-order valence-corrected chi connectivity index (χ4v) is 1.37. The van der Waals surface area contributed by atoms with Gasteiger partial charge in [-0.3, -0.25) is 0 Å². The summed E-state index contributed by atoms with van der Waals surface area (Å²) in [6, 6.07) is 4.56. The average Bonchev–Trinajstić information content (AvgIpc) is 2.23. The Morgan fingerprint density at radius 2 is 2.27 bits per heavy atom. The zero-order valence-electron chi connectivity index (χ0n) is 8.61. The molecule has 0 radical (unpaired) electrons. The quantitative estimate of drug-likeness (QED) is 0.614. The van der Waals surface area contributed by atoms with E-state index < -0.39 is 0 Å². The van der Waals surface area contributed by atoms with Crippen molar-refractivity contribution in [1.82, 2.24) is 5.32 Å². The highest BCUT2D eigenvalue weighted by molar-refractivity contribution is 6.30. The maximum Gasteiger partial charge on any atom is 0.127 e. The van der Waals surface area contributed by atoms with Crippen molar-refractivity contribution in [2.24, 2.45) is 0 Å². The van der Waals surface area contributed by atoms with Crippen LogP contribution in [0.25, 0.3) is 0 Å². The van der Waals surface area contributed by atoms with Crippen molar-refractivity contribution in [2.45, 2.75) is 19.9 Å². The number of nitrogens with one attached hydrogen (secondary N) is 1. The molecular weight excluding hydrogens is 213 g/mol. The van der Waals surface area contributed by atoms with Crippen LogP contribution in [0.4, 0.5) is 4.39 Å². The minimum Gasteiger partial charge on any atom is -0.312 e. The van der Waals surface area contributed by atoms with E-state index in [2.05, 4.69) is 17.2 Å². The maximum absolute atomic E-state index is 13.2. The second-order valence-electron chi connectivity index (χ2n) is 3.09. The lowest BCUT2D eigenvalue weighted by molar-refractivity contribution is 0.590. The van der Waals surface area contributed by atoms with Crippen LogP contribution in [-0.4, -0.2) is 6.54 Å².